The molecule has 1 unspecified atom stereocenters. The molecule has 0 bridgehead atoms. The van der Waals surface area contributed by atoms with Crippen molar-refractivity contribution in [3.05, 3.63) is 42.4 Å². The van der Waals surface area contributed by atoms with Crippen LogP contribution in [-0.2, 0) is 10.0 Å². The van der Waals surface area contributed by atoms with Gasteiger partial charge < -0.3 is 9.67 Å². The van der Waals surface area contributed by atoms with Crippen LogP contribution in [0.4, 0.5) is 0 Å². The lowest BCUT2D eigenvalue weighted by atomic mass is 9.84. The number of piperidine rings is 1. The second kappa shape index (κ2) is 5.15. The van der Waals surface area contributed by atoms with E-state index in [2.05, 4.69) is 21.7 Å². The van der Waals surface area contributed by atoms with E-state index in [1.165, 1.54) is 16.1 Å². The number of sulfonamides is 1. The van der Waals surface area contributed by atoms with Crippen LogP contribution in [0.5, 0.6) is 0 Å². The number of aliphatic hydroxyl groups is 1. The molecular weight excluding hydrogens is 314 g/mol. The second-order valence-electron chi connectivity index (χ2n) is 6.36. The molecule has 1 N–H and O–H groups in total. The van der Waals surface area contributed by atoms with Crippen LogP contribution in [0, 0.1) is 5.92 Å². The molecule has 23 heavy (non-hydrogen) atoms. The Morgan fingerprint density at radius 1 is 1.30 bits per heavy atom. The normalized spacial score (nSPS) is 27.7. The summed E-state index contributed by atoms with van der Waals surface area (Å²) in [5.41, 5.74) is 3.39. The predicted molar refractivity (Wildman–Crippen MR) is 86.3 cm³/mol. The number of fused-ring (bicyclic) bond motifs is 3. The summed E-state index contributed by atoms with van der Waals surface area (Å²) in [4.78, 5) is 4.24. The van der Waals surface area contributed by atoms with Crippen molar-refractivity contribution in [3.63, 3.8) is 0 Å². The van der Waals surface area contributed by atoms with Gasteiger partial charge in [-0.1, -0.05) is 24.3 Å². The minimum atomic E-state index is -3.26. The van der Waals surface area contributed by atoms with Crippen LogP contribution in [0.15, 0.2) is 36.8 Å². The molecular formula is C16H19N3O3S. The first-order chi connectivity index (χ1) is 11.0. The molecule has 6 nitrogen and oxygen atoms in total. The number of aromatic nitrogens is 2. The monoisotopic (exact) mass is 333 g/mol. The fourth-order valence-corrected chi connectivity index (χ4v) is 4.76. The van der Waals surface area contributed by atoms with Gasteiger partial charge in [0.1, 0.15) is 0 Å². The number of β-amino-alcohol motifs (C(OH)–C–C–N with tert-alkyl or cyclic N) is 1. The maximum Gasteiger partial charge on any atom is 0.211 e. The van der Waals surface area contributed by atoms with Crippen molar-refractivity contribution in [3.8, 4) is 11.3 Å². The Morgan fingerprint density at radius 2 is 2.09 bits per heavy atom. The Hall–Kier alpha value is -1.70. The molecule has 122 valence electrons. The summed E-state index contributed by atoms with van der Waals surface area (Å²) in [6.07, 6.45) is 4.78. The Kier molecular flexibility index (Phi) is 3.33. The summed E-state index contributed by atoms with van der Waals surface area (Å²) in [7, 11) is -3.26. The molecule has 3 heterocycles. The van der Waals surface area contributed by atoms with Gasteiger partial charge in [0.25, 0.3) is 0 Å². The van der Waals surface area contributed by atoms with E-state index in [1.54, 1.807) is 6.33 Å². The Balaban J connectivity index is 1.70. The number of imidazole rings is 1. The highest BCUT2D eigenvalue weighted by Gasteiger charge is 2.41. The number of rotatable bonds is 2. The SMILES string of the molecule is CS(=O)(=O)N1CC[C@H](C2c3ccccc3-c3cncn32)[C@@H](O)C1. The van der Waals surface area contributed by atoms with Gasteiger partial charge in [-0.05, 0) is 12.0 Å². The average molecular weight is 333 g/mol. The van der Waals surface area contributed by atoms with Crippen LogP contribution < -0.4 is 0 Å². The fourth-order valence-electron chi connectivity index (χ4n) is 3.90. The standard InChI is InChI=1S/C16H19N3O3S/c1-23(21,22)18-7-6-13(15(20)9-18)16-12-5-3-2-4-11(12)14-8-17-10-19(14)16/h2-5,8,10,13,15-16,20H,6-7,9H2,1H3/t13-,15-,16?/m0/s1. The van der Waals surface area contributed by atoms with Crippen LogP contribution >= 0.6 is 0 Å². The first kappa shape index (κ1) is 14.9. The Morgan fingerprint density at radius 3 is 2.83 bits per heavy atom. The van der Waals surface area contributed by atoms with E-state index in [0.717, 1.165) is 11.3 Å². The van der Waals surface area contributed by atoms with Gasteiger partial charge in [-0.25, -0.2) is 13.4 Å². The van der Waals surface area contributed by atoms with E-state index < -0.39 is 16.1 Å². The van der Waals surface area contributed by atoms with E-state index in [9.17, 15) is 13.5 Å². The summed E-state index contributed by atoms with van der Waals surface area (Å²) < 4.78 is 26.9. The van der Waals surface area contributed by atoms with Crippen LogP contribution in [0.1, 0.15) is 18.0 Å². The summed E-state index contributed by atoms with van der Waals surface area (Å²) in [5.74, 6) is -0.0235. The molecule has 0 amide bonds. The van der Waals surface area contributed by atoms with Gasteiger partial charge >= 0.3 is 0 Å². The summed E-state index contributed by atoms with van der Waals surface area (Å²) in [6, 6.07) is 8.18. The molecule has 4 rings (SSSR count). The molecule has 2 aliphatic heterocycles. The number of hydrogen-bond donors (Lipinski definition) is 1. The average Bonchev–Trinajstić information content (AvgIpc) is 3.07. The summed E-state index contributed by atoms with van der Waals surface area (Å²) in [6.45, 7) is 0.607. The van der Waals surface area contributed by atoms with Crippen molar-refractivity contribution in [2.45, 2.75) is 18.6 Å². The van der Waals surface area contributed by atoms with E-state index in [1.807, 2.05) is 18.3 Å². The molecule has 7 heteroatoms. The fraction of sp³-hybridized carbons (Fsp3) is 0.438. The molecule has 0 spiro atoms. The van der Waals surface area contributed by atoms with E-state index in [-0.39, 0.29) is 18.5 Å². The van der Waals surface area contributed by atoms with Crippen LogP contribution in [0.3, 0.4) is 0 Å². The van der Waals surface area contributed by atoms with Gasteiger partial charge in [-0.2, -0.15) is 4.31 Å². The number of aliphatic hydroxyl groups excluding tert-OH is 1. The van der Waals surface area contributed by atoms with Crippen LogP contribution in [0.25, 0.3) is 11.3 Å². The molecule has 2 aromatic rings. The number of benzene rings is 1. The zero-order chi connectivity index (χ0) is 16.2. The molecule has 1 aromatic heterocycles. The Bertz CT molecular complexity index is 846. The lowest BCUT2D eigenvalue weighted by molar-refractivity contribution is 0.0345. The van der Waals surface area contributed by atoms with Gasteiger partial charge in [0, 0.05) is 24.6 Å². The van der Waals surface area contributed by atoms with Crippen LogP contribution in [-0.4, -0.2) is 52.8 Å². The molecule has 0 radical (unpaired) electrons. The zero-order valence-electron chi connectivity index (χ0n) is 12.8. The first-order valence-electron chi connectivity index (χ1n) is 7.71. The van der Waals surface area contributed by atoms with Gasteiger partial charge in [-0.15, -0.1) is 0 Å². The molecule has 3 atom stereocenters. The maximum absolute atomic E-state index is 11.7. The van der Waals surface area contributed by atoms with E-state index in [4.69, 9.17) is 0 Å². The highest BCUT2D eigenvalue weighted by molar-refractivity contribution is 7.88. The molecule has 0 aliphatic carbocycles. The topological polar surface area (TPSA) is 75.4 Å². The van der Waals surface area contributed by atoms with E-state index >= 15 is 0 Å². The number of hydrogen-bond acceptors (Lipinski definition) is 4. The first-order valence-corrected chi connectivity index (χ1v) is 9.56. The quantitative estimate of drug-likeness (QED) is 0.893. The maximum atomic E-state index is 11.7. The third-order valence-electron chi connectivity index (χ3n) is 4.99. The highest BCUT2D eigenvalue weighted by atomic mass is 32.2. The van der Waals surface area contributed by atoms with Crippen LogP contribution in [0.2, 0.25) is 0 Å². The van der Waals surface area contributed by atoms with Gasteiger partial charge in [0.05, 0.1) is 36.6 Å². The molecule has 1 saturated heterocycles. The van der Waals surface area contributed by atoms with Crippen molar-refractivity contribution >= 4 is 10.0 Å². The lowest BCUT2D eigenvalue weighted by Gasteiger charge is -2.38. The minimum Gasteiger partial charge on any atom is -0.391 e. The molecule has 1 aromatic carbocycles. The minimum absolute atomic E-state index is 0.0143. The third-order valence-corrected chi connectivity index (χ3v) is 6.26. The molecule has 0 saturated carbocycles. The smallest absolute Gasteiger partial charge is 0.211 e. The van der Waals surface area contributed by atoms with Crippen molar-refractivity contribution in [2.75, 3.05) is 19.3 Å². The molecule has 2 aliphatic rings. The zero-order valence-corrected chi connectivity index (χ0v) is 13.6. The van der Waals surface area contributed by atoms with Crippen molar-refractivity contribution in [1.82, 2.24) is 13.9 Å². The predicted octanol–water partition coefficient (Wildman–Crippen LogP) is 1.10. The third kappa shape index (κ3) is 2.31. The van der Waals surface area contributed by atoms with Gasteiger partial charge in [-0.3, -0.25) is 0 Å². The summed E-state index contributed by atoms with van der Waals surface area (Å²) in [5, 5.41) is 10.6. The van der Waals surface area contributed by atoms with Crippen molar-refractivity contribution < 1.29 is 13.5 Å². The summed E-state index contributed by atoms with van der Waals surface area (Å²) >= 11 is 0. The number of nitrogens with zero attached hydrogens (tertiary/aromatic N) is 3. The van der Waals surface area contributed by atoms with Crippen molar-refractivity contribution in [2.24, 2.45) is 5.92 Å². The van der Waals surface area contributed by atoms with Gasteiger partial charge in [0.2, 0.25) is 10.0 Å². The van der Waals surface area contributed by atoms with Gasteiger partial charge in [0.15, 0.2) is 0 Å². The largest absolute Gasteiger partial charge is 0.391 e. The second-order valence-corrected chi connectivity index (χ2v) is 8.34. The lowest BCUT2D eigenvalue weighted by Crippen LogP contribution is -2.48. The highest BCUT2D eigenvalue weighted by Crippen LogP contribution is 2.45. The van der Waals surface area contributed by atoms with E-state index in [0.29, 0.717) is 13.0 Å². The van der Waals surface area contributed by atoms with Crippen molar-refractivity contribution in [1.29, 1.82) is 0 Å². The Labute approximate surface area is 135 Å². The molecule has 1 fully saturated rings.